The predicted octanol–water partition coefficient (Wildman–Crippen LogP) is 5.65. The molecular weight excluding hydrogens is 454 g/mol. The molecule has 31 heavy (non-hydrogen) atoms. The van der Waals surface area contributed by atoms with E-state index in [0.717, 1.165) is 32.2 Å². The minimum atomic E-state index is -0.287. The van der Waals surface area contributed by atoms with Crippen LogP contribution in [0, 0.1) is 6.92 Å². The minimum Gasteiger partial charge on any atom is -0.488 e. The fourth-order valence-corrected chi connectivity index (χ4v) is 3.67. The number of aryl methyl sites for hydroxylation is 1. The first-order valence-electron chi connectivity index (χ1n) is 9.76. The summed E-state index contributed by atoms with van der Waals surface area (Å²) in [4.78, 5) is 17.2. The summed E-state index contributed by atoms with van der Waals surface area (Å²) in [6.45, 7) is 2.30. The zero-order valence-corrected chi connectivity index (χ0v) is 18.5. The lowest BCUT2D eigenvalue weighted by Gasteiger charge is -2.09. The van der Waals surface area contributed by atoms with Crippen molar-refractivity contribution >= 4 is 39.0 Å². The Morgan fingerprint density at radius 3 is 2.74 bits per heavy atom. The maximum absolute atomic E-state index is 12.7. The van der Waals surface area contributed by atoms with Crippen molar-refractivity contribution in [3.8, 4) is 5.75 Å². The standard InChI is InChI=1S/C25H20BrN3O2/c1-17-13-22(21-10-3-4-11-23(21)28-17)25(30)29-27-15-19-8-2-5-12-24(19)31-16-18-7-6-9-20(26)14-18/h2-15H,16H2,1H3,(H,29,30)/b27-15+. The first-order chi connectivity index (χ1) is 15.1. The van der Waals surface area contributed by atoms with Gasteiger partial charge in [0.05, 0.1) is 17.3 Å². The molecule has 1 N–H and O–H groups in total. The van der Waals surface area contributed by atoms with Gasteiger partial charge in [0.15, 0.2) is 0 Å². The molecule has 5 nitrogen and oxygen atoms in total. The lowest BCUT2D eigenvalue weighted by molar-refractivity contribution is 0.0956. The van der Waals surface area contributed by atoms with E-state index in [-0.39, 0.29) is 5.91 Å². The number of carbonyl (C=O) groups is 1. The molecule has 0 spiro atoms. The van der Waals surface area contributed by atoms with Crippen LogP contribution in [0.2, 0.25) is 0 Å². The second-order valence-corrected chi connectivity index (χ2v) is 7.90. The summed E-state index contributed by atoms with van der Waals surface area (Å²) in [5.74, 6) is 0.399. The zero-order valence-electron chi connectivity index (χ0n) is 16.9. The van der Waals surface area contributed by atoms with Crippen molar-refractivity contribution in [2.24, 2.45) is 5.10 Å². The van der Waals surface area contributed by atoms with Crippen LogP contribution in [0.25, 0.3) is 10.9 Å². The Bertz CT molecular complexity index is 1270. The van der Waals surface area contributed by atoms with Crippen molar-refractivity contribution in [3.05, 3.63) is 106 Å². The van der Waals surface area contributed by atoms with Gasteiger partial charge in [0, 0.05) is 21.1 Å². The van der Waals surface area contributed by atoms with E-state index in [9.17, 15) is 4.79 Å². The molecule has 1 amide bonds. The average molecular weight is 474 g/mol. The number of nitrogens with one attached hydrogen (secondary N) is 1. The highest BCUT2D eigenvalue weighted by molar-refractivity contribution is 9.10. The molecule has 3 aromatic carbocycles. The molecule has 4 aromatic rings. The Hall–Kier alpha value is -3.51. The number of nitrogens with zero attached hydrogens (tertiary/aromatic N) is 2. The van der Waals surface area contributed by atoms with Gasteiger partial charge in [-0.15, -0.1) is 0 Å². The summed E-state index contributed by atoms with van der Waals surface area (Å²) in [5, 5.41) is 4.94. The molecule has 4 rings (SSSR count). The number of amides is 1. The number of para-hydroxylation sites is 2. The van der Waals surface area contributed by atoms with E-state index in [1.54, 1.807) is 12.3 Å². The summed E-state index contributed by atoms with van der Waals surface area (Å²) in [7, 11) is 0. The quantitative estimate of drug-likeness (QED) is 0.290. The molecule has 1 heterocycles. The first kappa shape index (κ1) is 20.8. The van der Waals surface area contributed by atoms with Crippen molar-refractivity contribution in [2.75, 3.05) is 0 Å². The van der Waals surface area contributed by atoms with Gasteiger partial charge in [0.1, 0.15) is 12.4 Å². The highest BCUT2D eigenvalue weighted by Gasteiger charge is 2.11. The van der Waals surface area contributed by atoms with Gasteiger partial charge in [-0.1, -0.05) is 58.4 Å². The SMILES string of the molecule is Cc1cc(C(=O)N/N=C/c2ccccc2OCc2cccc(Br)c2)c2ccccc2n1. The van der Waals surface area contributed by atoms with Crippen LogP contribution in [0.3, 0.4) is 0 Å². The number of carbonyl (C=O) groups excluding carboxylic acids is 1. The van der Waals surface area contributed by atoms with Gasteiger partial charge in [0.2, 0.25) is 0 Å². The van der Waals surface area contributed by atoms with Gasteiger partial charge in [-0.05, 0) is 48.9 Å². The third-order valence-electron chi connectivity index (χ3n) is 4.66. The number of hydrogen-bond donors (Lipinski definition) is 1. The zero-order chi connectivity index (χ0) is 21.6. The summed E-state index contributed by atoms with van der Waals surface area (Å²) < 4.78 is 6.97. The van der Waals surface area contributed by atoms with Crippen LogP contribution in [-0.4, -0.2) is 17.1 Å². The second kappa shape index (κ2) is 9.53. The molecule has 0 fully saturated rings. The Labute approximate surface area is 188 Å². The van der Waals surface area contributed by atoms with Crippen LogP contribution < -0.4 is 10.2 Å². The second-order valence-electron chi connectivity index (χ2n) is 6.98. The molecule has 0 radical (unpaired) electrons. The van der Waals surface area contributed by atoms with Crippen LogP contribution in [0.15, 0.2) is 88.4 Å². The number of rotatable bonds is 6. The van der Waals surface area contributed by atoms with Crippen LogP contribution in [0.5, 0.6) is 5.75 Å². The third kappa shape index (κ3) is 5.16. The van der Waals surface area contributed by atoms with Gasteiger partial charge >= 0.3 is 0 Å². The normalized spacial score (nSPS) is 11.0. The lowest BCUT2D eigenvalue weighted by atomic mass is 10.1. The Balaban J connectivity index is 1.48. The molecule has 0 atom stereocenters. The van der Waals surface area contributed by atoms with Crippen molar-refractivity contribution in [3.63, 3.8) is 0 Å². The van der Waals surface area contributed by atoms with Crippen molar-refractivity contribution in [2.45, 2.75) is 13.5 Å². The topological polar surface area (TPSA) is 63.6 Å². The Morgan fingerprint density at radius 1 is 1.06 bits per heavy atom. The third-order valence-corrected chi connectivity index (χ3v) is 5.15. The molecule has 0 aliphatic rings. The van der Waals surface area contributed by atoms with Crippen LogP contribution in [-0.2, 0) is 6.61 Å². The number of hydrogen-bond acceptors (Lipinski definition) is 4. The maximum Gasteiger partial charge on any atom is 0.272 e. The first-order valence-corrected chi connectivity index (χ1v) is 10.6. The van der Waals surface area contributed by atoms with Gasteiger partial charge in [0.25, 0.3) is 5.91 Å². The number of halogens is 1. The number of pyridine rings is 1. The molecule has 0 aliphatic carbocycles. The summed E-state index contributed by atoms with van der Waals surface area (Å²) in [6.07, 6.45) is 1.59. The number of aromatic nitrogens is 1. The summed E-state index contributed by atoms with van der Waals surface area (Å²) >= 11 is 3.47. The van der Waals surface area contributed by atoms with E-state index in [4.69, 9.17) is 4.74 Å². The molecule has 154 valence electrons. The van der Waals surface area contributed by atoms with Crippen molar-refractivity contribution in [1.29, 1.82) is 0 Å². The van der Waals surface area contributed by atoms with Crippen LogP contribution in [0.4, 0.5) is 0 Å². The highest BCUT2D eigenvalue weighted by atomic mass is 79.9. The number of ether oxygens (including phenoxy) is 1. The van der Waals surface area contributed by atoms with Gasteiger partial charge in [-0.25, -0.2) is 5.43 Å². The largest absolute Gasteiger partial charge is 0.488 e. The van der Waals surface area contributed by atoms with E-state index >= 15 is 0 Å². The fraction of sp³-hybridized carbons (Fsp3) is 0.0800. The average Bonchev–Trinajstić information content (AvgIpc) is 2.78. The van der Waals surface area contributed by atoms with Crippen LogP contribution in [0.1, 0.15) is 27.2 Å². The van der Waals surface area contributed by atoms with E-state index < -0.39 is 0 Å². The number of fused-ring (bicyclic) bond motifs is 1. The summed E-state index contributed by atoms with van der Waals surface area (Å²) in [5.41, 5.74) is 6.54. The Kier molecular flexibility index (Phi) is 6.38. The minimum absolute atomic E-state index is 0.287. The number of hydrazone groups is 1. The molecule has 0 bridgehead atoms. The maximum atomic E-state index is 12.7. The monoisotopic (exact) mass is 473 g/mol. The van der Waals surface area contributed by atoms with Crippen molar-refractivity contribution < 1.29 is 9.53 Å². The van der Waals surface area contributed by atoms with E-state index in [0.29, 0.717) is 17.9 Å². The number of benzene rings is 3. The fourth-order valence-electron chi connectivity index (χ4n) is 3.22. The summed E-state index contributed by atoms with van der Waals surface area (Å²) in [6, 6.07) is 24.8. The van der Waals surface area contributed by atoms with E-state index in [1.165, 1.54) is 0 Å². The van der Waals surface area contributed by atoms with Gasteiger partial charge in [-0.3, -0.25) is 9.78 Å². The molecule has 0 saturated heterocycles. The molecular formula is C25H20BrN3O2. The molecule has 1 aromatic heterocycles. The molecule has 6 heteroatoms. The van der Waals surface area contributed by atoms with E-state index in [2.05, 4.69) is 31.4 Å². The van der Waals surface area contributed by atoms with Gasteiger partial charge < -0.3 is 4.74 Å². The molecule has 0 saturated carbocycles. The molecule has 0 aliphatic heterocycles. The molecule has 0 unspecified atom stereocenters. The smallest absolute Gasteiger partial charge is 0.272 e. The van der Waals surface area contributed by atoms with Crippen LogP contribution >= 0.6 is 15.9 Å². The van der Waals surface area contributed by atoms with Crippen molar-refractivity contribution in [1.82, 2.24) is 10.4 Å². The Morgan fingerprint density at radius 2 is 1.87 bits per heavy atom. The van der Waals surface area contributed by atoms with E-state index in [1.807, 2.05) is 79.7 Å². The predicted molar refractivity (Wildman–Crippen MR) is 126 cm³/mol. The highest BCUT2D eigenvalue weighted by Crippen LogP contribution is 2.20. The lowest BCUT2D eigenvalue weighted by Crippen LogP contribution is -2.18. The van der Waals surface area contributed by atoms with Gasteiger partial charge in [-0.2, -0.15) is 5.10 Å².